The van der Waals surface area contributed by atoms with Gasteiger partial charge in [-0.15, -0.1) is 0 Å². The van der Waals surface area contributed by atoms with Gasteiger partial charge in [-0.2, -0.15) is 12.6 Å². The van der Waals surface area contributed by atoms with Crippen molar-refractivity contribution >= 4 is 62.5 Å². The third kappa shape index (κ3) is 7.55. The first-order chi connectivity index (χ1) is 14.7. The van der Waals surface area contributed by atoms with E-state index in [0.717, 1.165) is 0 Å². The van der Waals surface area contributed by atoms with Gasteiger partial charge in [0.15, 0.2) is 0 Å². The van der Waals surface area contributed by atoms with Crippen LogP contribution in [0.2, 0.25) is 0 Å². The Balaban J connectivity index is 2.20. The van der Waals surface area contributed by atoms with E-state index in [1.807, 2.05) is 0 Å². The molecule has 2 aromatic carbocycles. The van der Waals surface area contributed by atoms with Crippen molar-refractivity contribution in [1.29, 1.82) is 0 Å². The first-order valence-corrected chi connectivity index (χ1v) is 11.5. The van der Waals surface area contributed by atoms with Crippen LogP contribution in [0.25, 0.3) is 0 Å². The molecule has 0 saturated heterocycles. The highest BCUT2D eigenvalue weighted by Crippen LogP contribution is 2.40. The number of hydrogen-bond donors (Lipinski definition) is 3. The molecule has 31 heavy (non-hydrogen) atoms. The number of nitrogens with one attached hydrogen (secondary N) is 1. The van der Waals surface area contributed by atoms with Crippen molar-refractivity contribution in [2.24, 2.45) is 5.92 Å². The second-order valence-corrected chi connectivity index (χ2v) is 8.70. The molecule has 0 unspecified atom stereocenters. The van der Waals surface area contributed by atoms with Crippen LogP contribution in [0.1, 0.15) is 35.4 Å². The molecule has 0 saturated carbocycles. The highest BCUT2D eigenvalue weighted by Gasteiger charge is 2.28. The van der Waals surface area contributed by atoms with Gasteiger partial charge in [0.1, 0.15) is 11.9 Å². The van der Waals surface area contributed by atoms with Crippen LogP contribution in [0.5, 0.6) is 5.75 Å². The van der Waals surface area contributed by atoms with Crippen molar-refractivity contribution in [3.8, 4) is 5.75 Å². The normalized spacial score (nSPS) is 12.5. The Labute approximate surface area is 202 Å². The maximum Gasteiger partial charge on any atom is 0.414 e. The molecule has 0 aromatic heterocycles. The van der Waals surface area contributed by atoms with Crippen molar-refractivity contribution in [2.75, 3.05) is 12.4 Å². The number of thiol groups is 1. The zero-order valence-corrected chi connectivity index (χ0v) is 20.6. The minimum absolute atomic E-state index is 0.0440. The minimum atomic E-state index is -0.964. The number of halogens is 2. The molecule has 7 nitrogen and oxygen atoms in total. The fourth-order valence-electron chi connectivity index (χ4n) is 2.74. The van der Waals surface area contributed by atoms with Gasteiger partial charge >= 0.3 is 12.1 Å². The lowest BCUT2D eigenvalue weighted by Crippen LogP contribution is -2.33. The summed E-state index contributed by atoms with van der Waals surface area (Å²) in [5.74, 6) is -1.59. The topological polar surface area (TPSA) is 102 Å². The average molecular weight is 575 g/mol. The Bertz CT molecular complexity index is 941. The lowest BCUT2D eigenvalue weighted by molar-refractivity contribution is -0.141. The van der Waals surface area contributed by atoms with Crippen molar-refractivity contribution in [2.45, 2.75) is 19.4 Å². The first kappa shape index (κ1) is 25.2. The molecule has 2 rings (SSSR count). The van der Waals surface area contributed by atoms with Gasteiger partial charge in [-0.05, 0) is 46.6 Å². The number of imide groups is 1. The Morgan fingerprint density at radius 2 is 1.84 bits per heavy atom. The van der Waals surface area contributed by atoms with Crippen LogP contribution in [-0.4, -0.2) is 35.4 Å². The predicted molar refractivity (Wildman–Crippen MR) is 125 cm³/mol. The maximum atomic E-state index is 12.5. The van der Waals surface area contributed by atoms with E-state index in [4.69, 9.17) is 9.47 Å². The Morgan fingerprint density at radius 3 is 2.48 bits per heavy atom. The van der Waals surface area contributed by atoms with Crippen LogP contribution >= 0.6 is 44.5 Å². The molecule has 0 bridgehead atoms. The number of aromatic hydroxyl groups is 1. The zero-order chi connectivity index (χ0) is 23.0. The van der Waals surface area contributed by atoms with Crippen molar-refractivity contribution in [3.05, 3.63) is 62.5 Å². The molecule has 10 heteroatoms. The lowest BCUT2D eigenvalue weighted by Gasteiger charge is -2.25. The number of carbonyl (C=O) groups is 3. The molecule has 2 amide bonds. The van der Waals surface area contributed by atoms with Gasteiger partial charge in [0, 0.05) is 21.5 Å². The largest absolute Gasteiger partial charge is 0.506 e. The Morgan fingerprint density at radius 1 is 1.16 bits per heavy atom. The summed E-state index contributed by atoms with van der Waals surface area (Å²) in [4.78, 5) is 36.1. The summed E-state index contributed by atoms with van der Waals surface area (Å²) in [5, 5.41) is 12.7. The van der Waals surface area contributed by atoms with E-state index < -0.39 is 24.1 Å². The Kier molecular flexibility index (Phi) is 9.86. The number of carbonyl (C=O) groups excluding carboxylic acids is 3. The van der Waals surface area contributed by atoms with Crippen LogP contribution in [0.15, 0.2) is 51.4 Å². The van der Waals surface area contributed by atoms with Crippen LogP contribution in [0.3, 0.4) is 0 Å². The molecule has 2 aromatic rings. The number of phenols is 1. The fraction of sp³-hybridized carbons (Fsp3) is 0.286. The number of amides is 2. The van der Waals surface area contributed by atoms with Gasteiger partial charge in [0.25, 0.3) is 5.91 Å². The standard InChI is InChI=1S/C21H21Br2NO6S/c1-12(7-8-29-17(25)11-31)19(15-9-14(22)10-16(23)18(15)26)30-21(28)24-20(27)13-5-3-2-4-6-13/h2-6,9-10,12,19,26,31H,7-8,11H2,1H3,(H,24,27,28)/t12-,19-/m1/s1. The molecule has 2 N–H and O–H groups in total. The Hall–Kier alpha value is -2.04. The van der Waals surface area contributed by atoms with E-state index in [9.17, 15) is 19.5 Å². The quantitative estimate of drug-likeness (QED) is 0.302. The number of benzene rings is 2. The fourth-order valence-corrected chi connectivity index (χ4v) is 4.09. The van der Waals surface area contributed by atoms with E-state index >= 15 is 0 Å². The molecular weight excluding hydrogens is 554 g/mol. The molecule has 0 spiro atoms. The van der Waals surface area contributed by atoms with Crippen LogP contribution in [0, 0.1) is 5.92 Å². The third-order valence-electron chi connectivity index (χ3n) is 4.33. The molecule has 0 fully saturated rings. The third-order valence-corrected chi connectivity index (χ3v) is 5.65. The summed E-state index contributed by atoms with van der Waals surface area (Å²) >= 11 is 10.5. The summed E-state index contributed by atoms with van der Waals surface area (Å²) in [6.07, 6.45) is -1.55. The molecule has 166 valence electrons. The van der Waals surface area contributed by atoms with Crippen LogP contribution in [0.4, 0.5) is 4.79 Å². The molecule has 0 aliphatic carbocycles. The van der Waals surface area contributed by atoms with Crippen LogP contribution < -0.4 is 5.32 Å². The van der Waals surface area contributed by atoms with Crippen LogP contribution in [-0.2, 0) is 14.3 Å². The molecule has 0 radical (unpaired) electrons. The number of ether oxygens (including phenoxy) is 2. The van der Waals surface area contributed by atoms with Crippen molar-refractivity contribution in [1.82, 2.24) is 5.32 Å². The first-order valence-electron chi connectivity index (χ1n) is 9.24. The van der Waals surface area contributed by atoms with Gasteiger partial charge in [-0.1, -0.05) is 41.1 Å². The highest BCUT2D eigenvalue weighted by atomic mass is 79.9. The van der Waals surface area contributed by atoms with Gasteiger partial charge in [-0.3, -0.25) is 14.9 Å². The predicted octanol–water partition coefficient (Wildman–Crippen LogP) is 5.02. The lowest BCUT2D eigenvalue weighted by atomic mass is 9.94. The van der Waals surface area contributed by atoms with E-state index in [0.29, 0.717) is 26.5 Å². The minimum Gasteiger partial charge on any atom is -0.506 e. The summed E-state index contributed by atoms with van der Waals surface area (Å²) in [6, 6.07) is 11.5. The molecule has 0 aliphatic rings. The molecular formula is C21H21Br2NO6S. The summed E-state index contributed by atoms with van der Waals surface area (Å²) in [6.45, 7) is 1.86. The number of phenolic OH excluding ortho intramolecular Hbond substituents is 1. The van der Waals surface area contributed by atoms with Gasteiger partial charge in [0.2, 0.25) is 0 Å². The number of esters is 1. The number of rotatable bonds is 8. The second kappa shape index (κ2) is 12.1. The second-order valence-electron chi connectivity index (χ2n) is 6.62. The van der Waals surface area contributed by atoms with Crippen molar-refractivity contribution < 1.29 is 29.0 Å². The van der Waals surface area contributed by atoms with E-state index in [1.54, 1.807) is 49.4 Å². The highest BCUT2D eigenvalue weighted by molar-refractivity contribution is 9.11. The average Bonchev–Trinajstić information content (AvgIpc) is 2.75. The molecule has 2 atom stereocenters. The van der Waals surface area contributed by atoms with Gasteiger partial charge in [0.05, 0.1) is 16.8 Å². The van der Waals surface area contributed by atoms with Crippen molar-refractivity contribution in [3.63, 3.8) is 0 Å². The van der Waals surface area contributed by atoms with E-state index in [1.165, 1.54) is 0 Å². The van der Waals surface area contributed by atoms with E-state index in [2.05, 4.69) is 49.8 Å². The smallest absolute Gasteiger partial charge is 0.414 e. The SMILES string of the molecule is C[C@H](CCOC(=O)CS)[C@@H](OC(=O)NC(=O)c1ccccc1)c1cc(Br)cc(Br)c1O. The summed E-state index contributed by atoms with van der Waals surface area (Å²) < 4.78 is 11.6. The monoisotopic (exact) mass is 573 g/mol. The molecule has 0 aliphatic heterocycles. The van der Waals surface area contributed by atoms with Gasteiger partial charge < -0.3 is 14.6 Å². The zero-order valence-electron chi connectivity index (χ0n) is 16.5. The summed E-state index contributed by atoms with van der Waals surface area (Å²) in [7, 11) is 0. The van der Waals surface area contributed by atoms with Gasteiger partial charge in [-0.25, -0.2) is 4.79 Å². The number of hydrogen-bond acceptors (Lipinski definition) is 7. The number of alkyl carbamates (subject to hydrolysis) is 1. The maximum absolute atomic E-state index is 12.5. The molecule has 0 heterocycles. The van der Waals surface area contributed by atoms with E-state index in [-0.39, 0.29) is 24.0 Å². The summed E-state index contributed by atoms with van der Waals surface area (Å²) in [5.41, 5.74) is 0.632.